The number of carbonyl (C=O) groups excluding carboxylic acids is 1. The summed E-state index contributed by atoms with van der Waals surface area (Å²) in [6.45, 7) is 0. The van der Waals surface area contributed by atoms with Gasteiger partial charge in [-0.05, 0) is 6.08 Å². The Bertz CT molecular complexity index is 417. The second-order valence-corrected chi connectivity index (χ2v) is 3.28. The van der Waals surface area contributed by atoms with Gasteiger partial charge in [0.1, 0.15) is 11.4 Å². The molecule has 1 unspecified atom stereocenters. The molecule has 1 aliphatic heterocycles. The van der Waals surface area contributed by atoms with Crippen LogP contribution in [0, 0.1) is 0 Å². The SMILES string of the molecule is NC1=CC(C=O)Oc2cc(Cl)cnc21. The number of nitrogens with two attached hydrogens (primary N) is 1. The normalized spacial score (nSPS) is 19.2. The maximum Gasteiger partial charge on any atom is 0.174 e. The summed E-state index contributed by atoms with van der Waals surface area (Å²) in [5.41, 5.74) is 6.63. The van der Waals surface area contributed by atoms with Gasteiger partial charge in [-0.1, -0.05) is 11.6 Å². The zero-order valence-electron chi connectivity index (χ0n) is 7.11. The molecule has 72 valence electrons. The minimum absolute atomic E-state index is 0.431. The fraction of sp³-hybridized carbons (Fsp3) is 0.111. The van der Waals surface area contributed by atoms with Crippen LogP contribution in [-0.2, 0) is 4.79 Å². The van der Waals surface area contributed by atoms with E-state index in [1.807, 2.05) is 0 Å². The number of pyridine rings is 1. The van der Waals surface area contributed by atoms with E-state index < -0.39 is 6.10 Å². The molecule has 0 saturated carbocycles. The third-order valence-electron chi connectivity index (χ3n) is 1.83. The molecular weight excluding hydrogens is 204 g/mol. The van der Waals surface area contributed by atoms with Gasteiger partial charge >= 0.3 is 0 Å². The van der Waals surface area contributed by atoms with E-state index >= 15 is 0 Å². The molecule has 0 fully saturated rings. The van der Waals surface area contributed by atoms with Crippen molar-refractivity contribution in [3.63, 3.8) is 0 Å². The molecule has 2 N–H and O–H groups in total. The second-order valence-electron chi connectivity index (χ2n) is 2.84. The minimum atomic E-state index is -0.650. The van der Waals surface area contributed by atoms with Crippen molar-refractivity contribution in [3.8, 4) is 5.75 Å². The summed E-state index contributed by atoms with van der Waals surface area (Å²) in [6, 6.07) is 1.58. The van der Waals surface area contributed by atoms with Gasteiger partial charge in [0.05, 0.1) is 10.7 Å². The summed E-state index contributed by atoms with van der Waals surface area (Å²) < 4.78 is 5.26. The van der Waals surface area contributed by atoms with Crippen molar-refractivity contribution in [1.29, 1.82) is 0 Å². The Balaban J connectivity index is 2.50. The smallest absolute Gasteiger partial charge is 0.174 e. The van der Waals surface area contributed by atoms with Crippen LogP contribution < -0.4 is 10.5 Å². The Morgan fingerprint density at radius 3 is 3.14 bits per heavy atom. The molecule has 0 spiro atoms. The van der Waals surface area contributed by atoms with E-state index in [9.17, 15) is 4.79 Å². The Morgan fingerprint density at radius 1 is 1.64 bits per heavy atom. The van der Waals surface area contributed by atoms with Crippen LogP contribution in [0.15, 0.2) is 18.3 Å². The number of fused-ring (bicyclic) bond motifs is 1. The molecule has 0 bridgehead atoms. The first kappa shape index (κ1) is 9.02. The number of hydrogen-bond donors (Lipinski definition) is 1. The fourth-order valence-electron chi connectivity index (χ4n) is 1.23. The molecule has 0 aromatic carbocycles. The number of halogens is 1. The largest absolute Gasteiger partial charge is 0.476 e. The zero-order chi connectivity index (χ0) is 10.1. The third-order valence-corrected chi connectivity index (χ3v) is 2.04. The van der Waals surface area contributed by atoms with Crippen LogP contribution in [0.25, 0.3) is 5.70 Å². The maximum absolute atomic E-state index is 10.5. The Labute approximate surface area is 85.3 Å². The number of nitrogens with zero attached hydrogens (tertiary/aromatic N) is 1. The standard InChI is InChI=1S/C9H7ClN2O2/c10-5-1-8-9(12-3-5)7(11)2-6(4-13)14-8/h1-4,6H,11H2. The monoisotopic (exact) mass is 210 g/mol. The highest BCUT2D eigenvalue weighted by atomic mass is 35.5. The van der Waals surface area contributed by atoms with Crippen LogP contribution in [0.4, 0.5) is 0 Å². The molecule has 14 heavy (non-hydrogen) atoms. The number of ether oxygens (including phenoxy) is 1. The van der Waals surface area contributed by atoms with Crippen LogP contribution in [0.1, 0.15) is 5.69 Å². The van der Waals surface area contributed by atoms with Crippen LogP contribution in [0.3, 0.4) is 0 Å². The first-order valence-electron chi connectivity index (χ1n) is 3.96. The molecule has 0 aliphatic carbocycles. The van der Waals surface area contributed by atoms with Crippen molar-refractivity contribution >= 4 is 23.6 Å². The quantitative estimate of drug-likeness (QED) is 0.703. The van der Waals surface area contributed by atoms with Crippen LogP contribution in [0.2, 0.25) is 5.02 Å². The predicted octanol–water partition coefficient (Wildman–Crippen LogP) is 0.995. The van der Waals surface area contributed by atoms with Crippen molar-refractivity contribution in [3.05, 3.63) is 29.1 Å². The van der Waals surface area contributed by atoms with E-state index in [1.54, 1.807) is 6.07 Å². The Hall–Kier alpha value is -1.55. The van der Waals surface area contributed by atoms with E-state index in [2.05, 4.69) is 4.98 Å². The molecule has 2 rings (SSSR count). The zero-order valence-corrected chi connectivity index (χ0v) is 7.86. The van der Waals surface area contributed by atoms with Crippen molar-refractivity contribution in [1.82, 2.24) is 4.98 Å². The van der Waals surface area contributed by atoms with E-state index in [4.69, 9.17) is 22.1 Å². The van der Waals surface area contributed by atoms with E-state index in [0.29, 0.717) is 28.4 Å². The van der Waals surface area contributed by atoms with Gasteiger partial charge in [-0.3, -0.25) is 4.79 Å². The summed E-state index contributed by atoms with van der Waals surface area (Å²) in [5, 5.41) is 0.447. The Kier molecular flexibility index (Phi) is 2.13. The average molecular weight is 211 g/mol. The molecule has 1 aromatic rings. The summed E-state index contributed by atoms with van der Waals surface area (Å²) in [5.74, 6) is 0.439. The highest BCUT2D eigenvalue weighted by molar-refractivity contribution is 6.30. The predicted molar refractivity (Wildman–Crippen MR) is 51.9 cm³/mol. The van der Waals surface area contributed by atoms with E-state index in [-0.39, 0.29) is 0 Å². The summed E-state index contributed by atoms with van der Waals surface area (Å²) >= 11 is 5.72. The molecular formula is C9H7ClN2O2. The lowest BCUT2D eigenvalue weighted by atomic mass is 10.1. The van der Waals surface area contributed by atoms with Gasteiger partial charge < -0.3 is 10.5 Å². The molecule has 2 heterocycles. The Morgan fingerprint density at radius 2 is 2.43 bits per heavy atom. The average Bonchev–Trinajstić information content (AvgIpc) is 2.16. The molecule has 0 saturated heterocycles. The summed E-state index contributed by atoms with van der Waals surface area (Å²) in [4.78, 5) is 14.5. The molecule has 1 atom stereocenters. The molecule has 4 nitrogen and oxygen atoms in total. The van der Waals surface area contributed by atoms with Crippen LogP contribution >= 0.6 is 11.6 Å². The van der Waals surface area contributed by atoms with Crippen LogP contribution in [-0.4, -0.2) is 17.4 Å². The highest BCUT2D eigenvalue weighted by Gasteiger charge is 2.19. The number of rotatable bonds is 1. The van der Waals surface area contributed by atoms with Gasteiger partial charge in [0.15, 0.2) is 12.4 Å². The topological polar surface area (TPSA) is 65.2 Å². The highest BCUT2D eigenvalue weighted by Crippen LogP contribution is 2.29. The number of carbonyl (C=O) groups is 1. The second kappa shape index (κ2) is 3.31. The third kappa shape index (κ3) is 1.44. The molecule has 1 aromatic heterocycles. The van der Waals surface area contributed by atoms with Gasteiger partial charge in [0, 0.05) is 12.3 Å². The molecule has 0 amide bonds. The van der Waals surface area contributed by atoms with Crippen LogP contribution in [0.5, 0.6) is 5.75 Å². The number of hydrogen-bond acceptors (Lipinski definition) is 4. The van der Waals surface area contributed by atoms with Gasteiger partial charge in [0.25, 0.3) is 0 Å². The molecule has 0 radical (unpaired) electrons. The van der Waals surface area contributed by atoms with Crippen molar-refractivity contribution in [2.75, 3.05) is 0 Å². The lowest BCUT2D eigenvalue weighted by Crippen LogP contribution is -2.22. The van der Waals surface area contributed by atoms with E-state index in [1.165, 1.54) is 12.3 Å². The van der Waals surface area contributed by atoms with Gasteiger partial charge in [0.2, 0.25) is 0 Å². The van der Waals surface area contributed by atoms with Gasteiger partial charge in [-0.2, -0.15) is 0 Å². The molecule has 1 aliphatic rings. The van der Waals surface area contributed by atoms with Gasteiger partial charge in [-0.25, -0.2) is 4.98 Å². The van der Waals surface area contributed by atoms with Crippen molar-refractivity contribution in [2.24, 2.45) is 5.73 Å². The number of aldehydes is 1. The number of aromatic nitrogens is 1. The summed E-state index contributed by atoms with van der Waals surface area (Å²) in [7, 11) is 0. The van der Waals surface area contributed by atoms with Crippen molar-refractivity contribution < 1.29 is 9.53 Å². The first-order valence-corrected chi connectivity index (χ1v) is 4.33. The lowest BCUT2D eigenvalue weighted by Gasteiger charge is -2.19. The van der Waals surface area contributed by atoms with Crippen molar-refractivity contribution in [2.45, 2.75) is 6.10 Å². The first-order chi connectivity index (χ1) is 6.70. The molecule has 5 heteroatoms. The maximum atomic E-state index is 10.5. The minimum Gasteiger partial charge on any atom is -0.476 e. The lowest BCUT2D eigenvalue weighted by molar-refractivity contribution is -0.112. The summed E-state index contributed by atoms with van der Waals surface area (Å²) in [6.07, 6.45) is 3.00. The van der Waals surface area contributed by atoms with Gasteiger partial charge in [-0.15, -0.1) is 0 Å². The fourth-order valence-corrected chi connectivity index (χ4v) is 1.38. The van der Waals surface area contributed by atoms with E-state index in [0.717, 1.165) is 0 Å².